The number of carbonyl (C=O) groups excluding carboxylic acids is 1. The van der Waals surface area contributed by atoms with Crippen molar-refractivity contribution in [3.05, 3.63) is 12.2 Å². The highest BCUT2D eigenvalue weighted by Crippen LogP contribution is 2.72. The van der Waals surface area contributed by atoms with Gasteiger partial charge in [0.15, 0.2) is 0 Å². The van der Waals surface area contributed by atoms with Gasteiger partial charge in [0, 0.05) is 17.8 Å². The molecule has 0 saturated heterocycles. The molecule has 26 heavy (non-hydrogen) atoms. The zero-order valence-corrected chi connectivity index (χ0v) is 16.5. The minimum atomic E-state index is -0.492. The first-order valence-electron chi connectivity index (χ1n) is 10.3. The van der Waals surface area contributed by atoms with Crippen LogP contribution in [0.3, 0.4) is 0 Å². The fraction of sp³-hybridized carbons (Fsp3) is 0.864. The molecule has 2 bridgehead atoms. The minimum Gasteiger partial charge on any atom is -0.462 e. The van der Waals surface area contributed by atoms with Crippen LogP contribution in [0.5, 0.6) is 0 Å². The molecule has 4 aliphatic carbocycles. The number of allylic oxidation sites excluding steroid dienone is 1. The van der Waals surface area contributed by atoms with Crippen molar-refractivity contribution in [2.45, 2.75) is 77.9 Å². The summed E-state index contributed by atoms with van der Waals surface area (Å²) in [7, 11) is 0. The lowest BCUT2D eigenvalue weighted by Crippen LogP contribution is -2.65. The van der Waals surface area contributed by atoms with Gasteiger partial charge < -0.3 is 14.9 Å². The van der Waals surface area contributed by atoms with Crippen LogP contribution >= 0.6 is 0 Å². The van der Waals surface area contributed by atoms with Crippen molar-refractivity contribution in [3.63, 3.8) is 0 Å². The highest BCUT2D eigenvalue weighted by molar-refractivity contribution is 5.66. The molecule has 1 spiro atoms. The highest BCUT2D eigenvalue weighted by Gasteiger charge is 2.68. The van der Waals surface area contributed by atoms with Gasteiger partial charge in [0.1, 0.15) is 6.10 Å². The summed E-state index contributed by atoms with van der Waals surface area (Å²) >= 11 is 0. The van der Waals surface area contributed by atoms with Crippen LogP contribution in [0.25, 0.3) is 0 Å². The summed E-state index contributed by atoms with van der Waals surface area (Å²) in [4.78, 5) is 11.6. The van der Waals surface area contributed by atoms with Gasteiger partial charge in [-0.25, -0.2) is 0 Å². The lowest BCUT2D eigenvalue weighted by Gasteiger charge is -2.66. The maximum atomic E-state index is 11.6. The number of ether oxygens (including phenoxy) is 1. The molecule has 8 unspecified atom stereocenters. The Morgan fingerprint density at radius 1 is 1.27 bits per heavy atom. The average Bonchev–Trinajstić information content (AvgIpc) is 2.84. The summed E-state index contributed by atoms with van der Waals surface area (Å²) in [5.41, 5.74) is 0.902. The van der Waals surface area contributed by atoms with Crippen LogP contribution in [0.2, 0.25) is 0 Å². The Morgan fingerprint density at radius 2 is 2.00 bits per heavy atom. The maximum Gasteiger partial charge on any atom is 0.302 e. The van der Waals surface area contributed by atoms with Crippen LogP contribution in [0.4, 0.5) is 0 Å². The van der Waals surface area contributed by atoms with Crippen molar-refractivity contribution >= 4 is 5.97 Å². The highest BCUT2D eigenvalue weighted by atomic mass is 16.5. The first kappa shape index (κ1) is 18.5. The van der Waals surface area contributed by atoms with E-state index in [9.17, 15) is 15.0 Å². The van der Waals surface area contributed by atoms with Crippen molar-refractivity contribution in [1.29, 1.82) is 0 Å². The summed E-state index contributed by atoms with van der Waals surface area (Å²) in [5, 5.41) is 21.7. The molecule has 0 heterocycles. The Balaban J connectivity index is 1.73. The summed E-state index contributed by atoms with van der Waals surface area (Å²) in [5.74, 6) is 0.930. The standard InChI is InChI=1S/C22H34O4/c1-13-10-22-11-15(13)5-6-16(22)20(3)8-7-19(26-14(2)24)21(4,12-23)17(20)9-18(22)25/h15-19,23,25H,1,5-12H2,2-4H3. The molecule has 4 aliphatic rings. The van der Waals surface area contributed by atoms with Crippen LogP contribution in [0.15, 0.2) is 12.2 Å². The minimum absolute atomic E-state index is 0.00697. The van der Waals surface area contributed by atoms with Crippen LogP contribution in [-0.2, 0) is 9.53 Å². The summed E-state index contributed by atoms with van der Waals surface area (Å²) < 4.78 is 5.65. The lowest BCUT2D eigenvalue weighted by molar-refractivity contribution is -0.235. The SMILES string of the molecule is C=C1CC23CC1CCC2C1(C)CCC(OC(C)=O)C(C)(CO)C1CC3O. The van der Waals surface area contributed by atoms with Gasteiger partial charge in [-0.3, -0.25) is 4.79 Å². The molecule has 4 heteroatoms. The van der Waals surface area contributed by atoms with E-state index in [1.807, 2.05) is 0 Å². The molecule has 0 aromatic heterocycles. The van der Waals surface area contributed by atoms with Gasteiger partial charge >= 0.3 is 5.97 Å². The number of hydrogen-bond donors (Lipinski definition) is 2. The molecular formula is C22H34O4. The second kappa shape index (κ2) is 5.81. The fourth-order valence-electron chi connectivity index (χ4n) is 7.88. The first-order valence-corrected chi connectivity index (χ1v) is 10.3. The largest absolute Gasteiger partial charge is 0.462 e. The number of aliphatic hydroxyl groups excluding tert-OH is 2. The van der Waals surface area contributed by atoms with Gasteiger partial charge in [-0.15, -0.1) is 0 Å². The van der Waals surface area contributed by atoms with Crippen molar-refractivity contribution in [3.8, 4) is 0 Å². The zero-order valence-electron chi connectivity index (χ0n) is 16.5. The van der Waals surface area contributed by atoms with Crippen molar-refractivity contribution in [2.24, 2.45) is 34.0 Å². The third-order valence-electron chi connectivity index (χ3n) is 9.10. The molecule has 0 radical (unpaired) electrons. The molecule has 0 aromatic rings. The molecular weight excluding hydrogens is 328 g/mol. The molecule has 0 amide bonds. The van der Waals surface area contributed by atoms with Gasteiger partial charge in [-0.05, 0) is 68.1 Å². The Morgan fingerprint density at radius 3 is 2.65 bits per heavy atom. The summed E-state index contributed by atoms with van der Waals surface area (Å²) in [6.45, 7) is 10.2. The smallest absolute Gasteiger partial charge is 0.302 e. The molecule has 4 rings (SSSR count). The molecule has 4 fully saturated rings. The Labute approximate surface area is 157 Å². The quantitative estimate of drug-likeness (QED) is 0.583. The number of hydrogen-bond acceptors (Lipinski definition) is 4. The third-order valence-corrected chi connectivity index (χ3v) is 9.10. The molecule has 0 aliphatic heterocycles. The number of rotatable bonds is 2. The third kappa shape index (κ3) is 2.24. The zero-order chi connectivity index (χ0) is 18.9. The Bertz CT molecular complexity index is 630. The van der Waals surface area contributed by atoms with E-state index in [1.54, 1.807) is 0 Å². The molecule has 2 N–H and O–H groups in total. The van der Waals surface area contributed by atoms with Gasteiger partial charge in [0.05, 0.1) is 12.7 Å². The van der Waals surface area contributed by atoms with E-state index in [4.69, 9.17) is 4.74 Å². The van der Waals surface area contributed by atoms with E-state index in [0.29, 0.717) is 18.3 Å². The second-order valence-corrected chi connectivity index (χ2v) is 10.2. The van der Waals surface area contributed by atoms with Crippen molar-refractivity contribution in [2.75, 3.05) is 6.61 Å². The fourth-order valence-corrected chi connectivity index (χ4v) is 7.88. The maximum absolute atomic E-state index is 11.6. The topological polar surface area (TPSA) is 66.8 Å². The number of carbonyl (C=O) groups is 1. The Hall–Kier alpha value is -0.870. The molecule has 4 nitrogen and oxygen atoms in total. The number of fused-ring (bicyclic) bond motifs is 3. The first-order chi connectivity index (χ1) is 12.2. The summed E-state index contributed by atoms with van der Waals surface area (Å²) in [6.07, 6.45) is 6.27. The van der Waals surface area contributed by atoms with E-state index >= 15 is 0 Å². The van der Waals surface area contributed by atoms with Gasteiger partial charge in [0.2, 0.25) is 0 Å². The predicted molar refractivity (Wildman–Crippen MR) is 99.2 cm³/mol. The molecule has 8 atom stereocenters. The summed E-state index contributed by atoms with van der Waals surface area (Å²) in [6, 6.07) is 0. The van der Waals surface area contributed by atoms with Crippen molar-refractivity contribution < 1.29 is 19.7 Å². The second-order valence-electron chi connectivity index (χ2n) is 10.2. The Kier molecular flexibility index (Phi) is 4.13. The van der Waals surface area contributed by atoms with Crippen LogP contribution < -0.4 is 0 Å². The monoisotopic (exact) mass is 362 g/mol. The van der Waals surface area contributed by atoms with Crippen LogP contribution in [0, 0.1) is 34.0 Å². The van der Waals surface area contributed by atoms with E-state index in [-0.39, 0.29) is 41.5 Å². The molecule has 4 saturated carbocycles. The predicted octanol–water partition coefficient (Wildman–Crippen LogP) is 3.46. The normalized spacial score (nSPS) is 53.0. The van der Waals surface area contributed by atoms with Gasteiger partial charge in [0.25, 0.3) is 0 Å². The molecule has 146 valence electrons. The van der Waals surface area contributed by atoms with E-state index < -0.39 is 5.41 Å². The van der Waals surface area contributed by atoms with E-state index in [0.717, 1.165) is 32.1 Å². The van der Waals surface area contributed by atoms with Crippen LogP contribution in [0.1, 0.15) is 65.7 Å². The van der Waals surface area contributed by atoms with Gasteiger partial charge in [-0.2, -0.15) is 0 Å². The van der Waals surface area contributed by atoms with Crippen molar-refractivity contribution in [1.82, 2.24) is 0 Å². The van der Waals surface area contributed by atoms with Gasteiger partial charge in [-0.1, -0.05) is 26.0 Å². The lowest BCUT2D eigenvalue weighted by atomic mass is 9.40. The molecule has 0 aromatic carbocycles. The van der Waals surface area contributed by atoms with E-state index in [2.05, 4.69) is 20.4 Å². The van der Waals surface area contributed by atoms with Crippen LogP contribution in [-0.4, -0.2) is 35.0 Å². The van der Waals surface area contributed by atoms with E-state index in [1.165, 1.54) is 18.9 Å². The number of aliphatic hydroxyl groups is 2. The average molecular weight is 363 g/mol. The number of esters is 1.